The van der Waals surface area contributed by atoms with E-state index in [0.29, 0.717) is 0 Å². The average Bonchev–Trinajstić information content (AvgIpc) is 2.45. The minimum absolute atomic E-state index is 0.101. The molecule has 0 aromatic rings. The molecule has 92 valence electrons. The van der Waals surface area contributed by atoms with Gasteiger partial charge in [-0.25, -0.2) is 4.79 Å². The summed E-state index contributed by atoms with van der Waals surface area (Å²) in [5, 5.41) is 13.9. The van der Waals surface area contributed by atoms with Gasteiger partial charge in [-0.3, -0.25) is 4.79 Å². The molecule has 0 bridgehead atoms. The number of nitrogens with one attached hydrogen (secondary N) is 2. The highest BCUT2D eigenvalue weighted by atomic mass is 16.4. The van der Waals surface area contributed by atoms with Gasteiger partial charge in [-0.15, -0.1) is 0 Å². The van der Waals surface area contributed by atoms with E-state index >= 15 is 0 Å². The maximum Gasteiger partial charge on any atom is 0.325 e. The molecule has 5 heteroatoms. The summed E-state index contributed by atoms with van der Waals surface area (Å²) >= 11 is 0. The van der Waals surface area contributed by atoms with Crippen molar-refractivity contribution in [3.05, 3.63) is 0 Å². The predicted octanol–water partition coefficient (Wildman–Crippen LogP) is 1.34. The van der Waals surface area contributed by atoms with Crippen molar-refractivity contribution in [1.29, 1.82) is 0 Å². The van der Waals surface area contributed by atoms with Crippen LogP contribution in [0.25, 0.3) is 0 Å². The quantitative estimate of drug-likeness (QED) is 0.682. The van der Waals surface area contributed by atoms with Gasteiger partial charge in [0, 0.05) is 6.04 Å². The predicted molar refractivity (Wildman–Crippen MR) is 60.2 cm³/mol. The second kappa shape index (κ2) is 4.72. The van der Waals surface area contributed by atoms with Crippen LogP contribution in [0.5, 0.6) is 0 Å². The summed E-state index contributed by atoms with van der Waals surface area (Å²) in [7, 11) is 0. The van der Waals surface area contributed by atoms with Gasteiger partial charge in [-0.1, -0.05) is 20.3 Å². The first kappa shape index (κ1) is 12.8. The van der Waals surface area contributed by atoms with Crippen LogP contribution in [-0.2, 0) is 4.79 Å². The highest BCUT2D eigenvalue weighted by Crippen LogP contribution is 2.36. The van der Waals surface area contributed by atoms with Crippen molar-refractivity contribution in [2.45, 2.75) is 52.1 Å². The van der Waals surface area contributed by atoms with Crippen molar-refractivity contribution in [3.63, 3.8) is 0 Å². The lowest BCUT2D eigenvalue weighted by atomic mass is 9.87. The molecule has 1 rings (SSSR count). The van der Waals surface area contributed by atoms with Gasteiger partial charge in [-0.2, -0.15) is 0 Å². The molecule has 0 aromatic heterocycles. The van der Waals surface area contributed by atoms with Crippen LogP contribution in [0.2, 0.25) is 0 Å². The Balaban J connectivity index is 2.43. The molecule has 5 nitrogen and oxygen atoms in total. The molecule has 0 aliphatic heterocycles. The van der Waals surface area contributed by atoms with Crippen LogP contribution in [-0.4, -0.2) is 29.2 Å². The molecule has 1 aliphatic carbocycles. The van der Waals surface area contributed by atoms with Crippen LogP contribution in [0.4, 0.5) is 4.79 Å². The third-order valence-corrected chi connectivity index (χ3v) is 3.28. The molecule has 0 saturated heterocycles. The van der Waals surface area contributed by atoms with E-state index < -0.39 is 18.0 Å². The zero-order valence-electron chi connectivity index (χ0n) is 10.0. The number of hydrogen-bond acceptors (Lipinski definition) is 2. The molecule has 1 aliphatic rings. The molecule has 1 fully saturated rings. The van der Waals surface area contributed by atoms with Gasteiger partial charge in [0.2, 0.25) is 0 Å². The maximum absolute atomic E-state index is 11.5. The number of rotatable bonds is 3. The Morgan fingerprint density at radius 3 is 2.50 bits per heavy atom. The van der Waals surface area contributed by atoms with Crippen LogP contribution < -0.4 is 10.6 Å². The van der Waals surface area contributed by atoms with Gasteiger partial charge in [0.15, 0.2) is 0 Å². The van der Waals surface area contributed by atoms with Crippen LogP contribution in [0.3, 0.4) is 0 Å². The number of urea groups is 1. The average molecular weight is 228 g/mol. The summed E-state index contributed by atoms with van der Waals surface area (Å²) < 4.78 is 0. The maximum atomic E-state index is 11.5. The molecule has 0 aromatic carbocycles. The van der Waals surface area contributed by atoms with Crippen molar-refractivity contribution in [2.24, 2.45) is 5.41 Å². The topological polar surface area (TPSA) is 78.4 Å². The molecule has 0 radical (unpaired) electrons. The van der Waals surface area contributed by atoms with Crippen molar-refractivity contribution in [1.82, 2.24) is 10.6 Å². The molecule has 0 spiro atoms. The fourth-order valence-electron chi connectivity index (χ4n) is 2.05. The Bertz CT molecular complexity index is 289. The van der Waals surface area contributed by atoms with E-state index in [1.807, 2.05) is 0 Å². The lowest BCUT2D eigenvalue weighted by molar-refractivity contribution is -0.138. The third-order valence-electron chi connectivity index (χ3n) is 3.28. The van der Waals surface area contributed by atoms with Crippen LogP contribution in [0, 0.1) is 5.41 Å². The highest BCUT2D eigenvalue weighted by molar-refractivity contribution is 5.82. The second-order valence-corrected chi connectivity index (χ2v) is 5.11. The number of hydrogen-bond donors (Lipinski definition) is 3. The molecule has 3 N–H and O–H groups in total. The fraction of sp³-hybridized carbons (Fsp3) is 0.818. The van der Waals surface area contributed by atoms with Crippen molar-refractivity contribution in [3.8, 4) is 0 Å². The van der Waals surface area contributed by atoms with Crippen molar-refractivity contribution >= 4 is 12.0 Å². The Labute approximate surface area is 95.6 Å². The summed E-state index contributed by atoms with van der Waals surface area (Å²) in [6, 6.07) is -1.12. The first-order chi connectivity index (χ1) is 7.33. The first-order valence-corrected chi connectivity index (χ1v) is 5.63. The van der Waals surface area contributed by atoms with E-state index in [2.05, 4.69) is 24.5 Å². The van der Waals surface area contributed by atoms with E-state index in [9.17, 15) is 9.59 Å². The number of carbonyl (C=O) groups is 2. The number of aliphatic carboxylic acids is 1. The number of carboxylic acid groups (broad SMARTS) is 1. The third kappa shape index (κ3) is 3.12. The summed E-state index contributed by atoms with van der Waals surface area (Å²) in [6.45, 7) is 5.68. The smallest absolute Gasteiger partial charge is 0.325 e. The summed E-state index contributed by atoms with van der Waals surface area (Å²) in [5.41, 5.74) is 0.101. The summed E-state index contributed by atoms with van der Waals surface area (Å²) in [6.07, 6.45) is 3.15. The molecular weight excluding hydrogens is 208 g/mol. The van der Waals surface area contributed by atoms with E-state index in [4.69, 9.17) is 5.11 Å². The van der Waals surface area contributed by atoms with Gasteiger partial charge < -0.3 is 15.7 Å². The second-order valence-electron chi connectivity index (χ2n) is 5.11. The van der Waals surface area contributed by atoms with Gasteiger partial charge in [0.05, 0.1) is 0 Å². The lowest BCUT2D eigenvalue weighted by Crippen LogP contribution is -2.50. The van der Waals surface area contributed by atoms with Crippen LogP contribution in [0.1, 0.15) is 40.0 Å². The summed E-state index contributed by atoms with van der Waals surface area (Å²) in [4.78, 5) is 22.1. The van der Waals surface area contributed by atoms with E-state index in [1.54, 1.807) is 0 Å². The zero-order valence-corrected chi connectivity index (χ0v) is 10.0. The van der Waals surface area contributed by atoms with Crippen LogP contribution >= 0.6 is 0 Å². The molecule has 2 amide bonds. The Kier molecular flexibility index (Phi) is 3.78. The number of carbonyl (C=O) groups excluding carboxylic acids is 1. The monoisotopic (exact) mass is 228 g/mol. The van der Waals surface area contributed by atoms with Gasteiger partial charge in [0.25, 0.3) is 0 Å². The Morgan fingerprint density at radius 1 is 1.44 bits per heavy atom. The molecular formula is C11H20N2O3. The van der Waals surface area contributed by atoms with Crippen LogP contribution in [0.15, 0.2) is 0 Å². The number of carboxylic acids is 1. The zero-order chi connectivity index (χ0) is 12.3. The molecule has 1 unspecified atom stereocenters. The standard InChI is InChI=1S/C11H20N2O3/c1-7(9(14)15)12-10(16)13-8-5-4-6-11(8,2)3/h7-8H,4-6H2,1-3H3,(H,14,15)(H2,12,13,16)/t7-,8?/m0/s1. The number of amides is 2. The first-order valence-electron chi connectivity index (χ1n) is 5.63. The SMILES string of the molecule is C[C@H](NC(=O)NC1CCCC1(C)C)C(=O)O. The minimum Gasteiger partial charge on any atom is -0.480 e. The molecule has 2 atom stereocenters. The van der Waals surface area contributed by atoms with E-state index in [0.717, 1.165) is 19.3 Å². The van der Waals surface area contributed by atoms with Gasteiger partial charge >= 0.3 is 12.0 Å². The Morgan fingerprint density at radius 2 is 2.06 bits per heavy atom. The van der Waals surface area contributed by atoms with E-state index in [1.165, 1.54) is 6.92 Å². The van der Waals surface area contributed by atoms with E-state index in [-0.39, 0.29) is 11.5 Å². The Hall–Kier alpha value is -1.26. The fourth-order valence-corrected chi connectivity index (χ4v) is 2.05. The largest absolute Gasteiger partial charge is 0.480 e. The highest BCUT2D eigenvalue weighted by Gasteiger charge is 2.35. The van der Waals surface area contributed by atoms with Crippen molar-refractivity contribution < 1.29 is 14.7 Å². The normalized spacial score (nSPS) is 24.8. The van der Waals surface area contributed by atoms with Gasteiger partial charge in [0.1, 0.15) is 6.04 Å². The van der Waals surface area contributed by atoms with Crippen molar-refractivity contribution in [2.75, 3.05) is 0 Å². The minimum atomic E-state index is -1.03. The lowest BCUT2D eigenvalue weighted by Gasteiger charge is -2.28. The molecule has 0 heterocycles. The van der Waals surface area contributed by atoms with Gasteiger partial charge in [-0.05, 0) is 25.2 Å². The summed E-state index contributed by atoms with van der Waals surface area (Å²) in [5.74, 6) is -1.03. The molecule has 16 heavy (non-hydrogen) atoms. The molecule has 1 saturated carbocycles.